The highest BCUT2D eigenvalue weighted by atomic mass is 16.7. The van der Waals surface area contributed by atoms with Crippen molar-refractivity contribution < 1.29 is 14.4 Å². The lowest BCUT2D eigenvalue weighted by Gasteiger charge is -2.44. The van der Waals surface area contributed by atoms with E-state index >= 15 is 0 Å². The molecular weight excluding hydrogens is 400 g/mol. The van der Waals surface area contributed by atoms with Crippen LogP contribution < -0.4 is 0 Å². The predicted octanol–water partition coefficient (Wildman–Crippen LogP) is 4.90. The van der Waals surface area contributed by atoms with Crippen molar-refractivity contribution in [1.82, 2.24) is 9.96 Å². The summed E-state index contributed by atoms with van der Waals surface area (Å²) < 4.78 is 6.55. The first-order valence-electron chi connectivity index (χ1n) is 11.3. The van der Waals surface area contributed by atoms with Gasteiger partial charge < -0.3 is 14.5 Å². The second kappa shape index (κ2) is 9.88. The van der Waals surface area contributed by atoms with Gasteiger partial charge in [0.25, 0.3) is 5.91 Å². The number of carbonyl (C=O) groups is 1. The second-order valence-electron chi connectivity index (χ2n) is 8.64. The van der Waals surface area contributed by atoms with Gasteiger partial charge in [-0.2, -0.15) is 5.06 Å². The number of hydrogen-bond acceptors (Lipinski definition) is 4. The number of allylic oxidation sites excluding steroid dienone is 2. The quantitative estimate of drug-likeness (QED) is 0.544. The van der Waals surface area contributed by atoms with Gasteiger partial charge in [-0.05, 0) is 62.8 Å². The smallest absolute Gasteiger partial charge is 0.258 e. The minimum atomic E-state index is -0.472. The number of carbonyl (C=O) groups excluding carboxylic acids is 1. The summed E-state index contributed by atoms with van der Waals surface area (Å²) in [6.45, 7) is 18.4. The van der Waals surface area contributed by atoms with Gasteiger partial charge >= 0.3 is 0 Å². The van der Waals surface area contributed by atoms with E-state index in [1.165, 1.54) is 5.56 Å². The van der Waals surface area contributed by atoms with Gasteiger partial charge in [-0.1, -0.05) is 49.1 Å². The average molecular weight is 437 g/mol. The summed E-state index contributed by atoms with van der Waals surface area (Å²) in [6.07, 6.45) is 6.92. The average Bonchev–Trinajstić information content (AvgIpc) is 2.98. The Labute approximate surface area is 192 Å². The molecule has 1 amide bonds. The van der Waals surface area contributed by atoms with E-state index in [1.807, 2.05) is 23.0 Å². The van der Waals surface area contributed by atoms with E-state index in [0.717, 1.165) is 54.0 Å². The molecule has 32 heavy (non-hydrogen) atoms. The molecular formula is C27H36N2O3. The number of aryl methyl sites for hydroxylation is 3. The van der Waals surface area contributed by atoms with Crippen molar-refractivity contribution in [2.24, 2.45) is 0 Å². The zero-order valence-electron chi connectivity index (χ0n) is 20.2. The van der Waals surface area contributed by atoms with Crippen LogP contribution in [0.5, 0.6) is 0 Å². The van der Waals surface area contributed by atoms with Crippen LogP contribution in [0.2, 0.25) is 0 Å². The number of piperidine rings is 1. The monoisotopic (exact) mass is 436 g/mol. The molecule has 2 aliphatic heterocycles. The van der Waals surface area contributed by atoms with Crippen molar-refractivity contribution >= 4 is 11.5 Å². The molecule has 2 heterocycles. The van der Waals surface area contributed by atoms with Crippen molar-refractivity contribution in [2.75, 3.05) is 33.4 Å². The lowest BCUT2D eigenvalue weighted by molar-refractivity contribution is -0.164. The Bertz CT molecular complexity index is 942. The fourth-order valence-electron chi connectivity index (χ4n) is 5.25. The third kappa shape index (κ3) is 4.19. The first kappa shape index (κ1) is 24.0. The Morgan fingerprint density at radius 1 is 1.16 bits per heavy atom. The van der Waals surface area contributed by atoms with Crippen molar-refractivity contribution in [3.63, 3.8) is 0 Å². The molecule has 5 heteroatoms. The maximum absolute atomic E-state index is 13.9. The number of amides is 1. The summed E-state index contributed by atoms with van der Waals surface area (Å²) in [6, 6.07) is 4.28. The number of hydrogen-bond donors (Lipinski definition) is 0. The number of rotatable bonds is 8. The maximum Gasteiger partial charge on any atom is 0.258 e. The van der Waals surface area contributed by atoms with Gasteiger partial charge in [-0.15, -0.1) is 0 Å². The van der Waals surface area contributed by atoms with Crippen molar-refractivity contribution in [3.8, 4) is 0 Å². The molecule has 2 aliphatic rings. The van der Waals surface area contributed by atoms with E-state index in [9.17, 15) is 4.79 Å². The van der Waals surface area contributed by atoms with E-state index in [2.05, 4.69) is 46.1 Å². The fraction of sp³-hybridized carbons (Fsp3) is 0.444. The number of benzene rings is 1. The van der Waals surface area contributed by atoms with Crippen molar-refractivity contribution in [2.45, 2.75) is 46.1 Å². The molecule has 0 atom stereocenters. The van der Waals surface area contributed by atoms with Crippen LogP contribution >= 0.6 is 0 Å². The highest BCUT2D eigenvalue weighted by Crippen LogP contribution is 2.48. The second-order valence-corrected chi connectivity index (χ2v) is 8.64. The standard InChI is InChI=1S/C27H36N2O3/c1-8-11-22(9-2)18-32-25-24(23-20(5)16-19(4)17-21(23)6)26(30)29(10-3)27(25)12-14-28(31-7)15-13-27/h8-9,11,16-17H,1-2,10,12-15,18H2,3-7H3/b22-11+. The van der Waals surface area contributed by atoms with Crippen LogP contribution in [0.1, 0.15) is 42.0 Å². The van der Waals surface area contributed by atoms with Gasteiger partial charge in [0, 0.05) is 19.6 Å². The molecule has 1 aromatic rings. The van der Waals surface area contributed by atoms with E-state index in [4.69, 9.17) is 9.57 Å². The van der Waals surface area contributed by atoms with Crippen LogP contribution in [-0.2, 0) is 14.4 Å². The number of hydroxylamine groups is 2. The van der Waals surface area contributed by atoms with E-state index in [-0.39, 0.29) is 5.91 Å². The van der Waals surface area contributed by atoms with Crippen LogP contribution in [0, 0.1) is 20.8 Å². The highest BCUT2D eigenvalue weighted by molar-refractivity contribution is 6.24. The molecule has 172 valence electrons. The van der Waals surface area contributed by atoms with Crippen LogP contribution in [0.25, 0.3) is 5.57 Å². The van der Waals surface area contributed by atoms with Gasteiger partial charge in [-0.3, -0.25) is 4.79 Å². The topological polar surface area (TPSA) is 42.0 Å². The predicted molar refractivity (Wildman–Crippen MR) is 130 cm³/mol. The van der Waals surface area contributed by atoms with Gasteiger partial charge in [0.1, 0.15) is 17.9 Å². The van der Waals surface area contributed by atoms with Gasteiger partial charge in [0.05, 0.1) is 12.7 Å². The molecule has 3 rings (SSSR count). The molecule has 0 radical (unpaired) electrons. The van der Waals surface area contributed by atoms with E-state index in [1.54, 1.807) is 19.3 Å². The third-order valence-corrected chi connectivity index (χ3v) is 6.65. The van der Waals surface area contributed by atoms with Crippen molar-refractivity contribution in [1.29, 1.82) is 0 Å². The van der Waals surface area contributed by atoms with Gasteiger partial charge in [0.2, 0.25) is 0 Å². The fourth-order valence-corrected chi connectivity index (χ4v) is 5.25. The molecule has 1 aromatic carbocycles. The Hall–Kier alpha value is -2.63. The first-order valence-corrected chi connectivity index (χ1v) is 11.3. The normalized spacial score (nSPS) is 19.1. The zero-order valence-corrected chi connectivity index (χ0v) is 20.2. The molecule has 0 bridgehead atoms. The molecule has 0 N–H and O–H groups in total. The minimum absolute atomic E-state index is 0.0521. The molecule has 0 aromatic heterocycles. The first-order chi connectivity index (χ1) is 15.3. The summed E-state index contributed by atoms with van der Waals surface area (Å²) >= 11 is 0. The molecule has 0 saturated carbocycles. The lowest BCUT2D eigenvalue weighted by atomic mass is 9.84. The van der Waals surface area contributed by atoms with Gasteiger partial charge in [-0.25, -0.2) is 0 Å². The summed E-state index contributed by atoms with van der Waals surface area (Å²) in [5, 5.41) is 1.95. The molecule has 0 aliphatic carbocycles. The number of ether oxygens (including phenoxy) is 1. The Balaban J connectivity index is 2.19. The zero-order chi connectivity index (χ0) is 23.5. The molecule has 1 spiro atoms. The van der Waals surface area contributed by atoms with E-state index < -0.39 is 5.54 Å². The Morgan fingerprint density at radius 2 is 1.78 bits per heavy atom. The van der Waals surface area contributed by atoms with Crippen LogP contribution in [0.15, 0.2) is 54.9 Å². The molecule has 1 fully saturated rings. The number of likely N-dealkylation sites (N-methyl/N-ethyl adjacent to an activating group) is 1. The molecule has 1 saturated heterocycles. The van der Waals surface area contributed by atoms with Crippen LogP contribution in [0.3, 0.4) is 0 Å². The maximum atomic E-state index is 13.9. The SMILES string of the molecule is C=C/C=C(\C=C)COC1=C(c2c(C)cc(C)cc2C)C(=O)N(CC)C12CCN(OC)CC2. The summed E-state index contributed by atoms with van der Waals surface area (Å²) in [7, 11) is 1.70. The largest absolute Gasteiger partial charge is 0.490 e. The Morgan fingerprint density at radius 3 is 2.28 bits per heavy atom. The number of nitrogens with zero attached hydrogens (tertiary/aromatic N) is 2. The highest BCUT2D eigenvalue weighted by Gasteiger charge is 2.54. The molecule has 5 nitrogen and oxygen atoms in total. The Kier molecular flexibility index (Phi) is 7.42. The van der Waals surface area contributed by atoms with Crippen molar-refractivity contribution in [3.05, 3.63) is 77.1 Å². The van der Waals surface area contributed by atoms with Gasteiger partial charge in [0.15, 0.2) is 0 Å². The van der Waals surface area contributed by atoms with Crippen LogP contribution in [-0.4, -0.2) is 54.8 Å². The summed E-state index contributed by atoms with van der Waals surface area (Å²) in [4.78, 5) is 21.4. The summed E-state index contributed by atoms with van der Waals surface area (Å²) in [5.74, 6) is 0.836. The van der Waals surface area contributed by atoms with Crippen LogP contribution in [0.4, 0.5) is 0 Å². The minimum Gasteiger partial charge on any atom is -0.490 e. The molecule has 0 unspecified atom stereocenters. The summed E-state index contributed by atoms with van der Waals surface area (Å²) in [5.41, 5.74) is 5.54. The lowest BCUT2D eigenvalue weighted by Crippen LogP contribution is -2.55. The third-order valence-electron chi connectivity index (χ3n) is 6.65. The van der Waals surface area contributed by atoms with E-state index in [0.29, 0.717) is 18.7 Å².